The maximum atomic E-state index is 12.8. The molecule has 21 heavy (non-hydrogen) atoms. The molecule has 0 spiro atoms. The van der Waals surface area contributed by atoms with E-state index in [0.717, 1.165) is 5.56 Å². The van der Waals surface area contributed by atoms with Crippen LogP contribution in [0.25, 0.3) is 0 Å². The summed E-state index contributed by atoms with van der Waals surface area (Å²) in [4.78, 5) is 0. The van der Waals surface area contributed by atoms with Crippen molar-refractivity contribution in [1.82, 2.24) is 9.78 Å². The molecule has 3 nitrogen and oxygen atoms in total. The van der Waals surface area contributed by atoms with E-state index in [1.807, 2.05) is 29.1 Å². The van der Waals surface area contributed by atoms with Crippen LogP contribution in [0.4, 0.5) is 4.39 Å². The van der Waals surface area contributed by atoms with Gasteiger partial charge in [-0.15, -0.1) is 0 Å². The van der Waals surface area contributed by atoms with Crippen LogP contribution in [0.1, 0.15) is 11.1 Å². The van der Waals surface area contributed by atoms with Crippen LogP contribution < -0.4 is 4.74 Å². The smallest absolute Gasteiger partial charge is 0.157 e. The molecule has 2 aromatic carbocycles. The lowest BCUT2D eigenvalue weighted by atomic mass is 10.2. The van der Waals surface area contributed by atoms with Crippen LogP contribution >= 0.6 is 0 Å². The predicted octanol–water partition coefficient (Wildman–Crippen LogP) is 3.65. The summed E-state index contributed by atoms with van der Waals surface area (Å²) in [7, 11) is 0. The third kappa shape index (κ3) is 3.69. The highest BCUT2D eigenvalue weighted by atomic mass is 19.1. The highest BCUT2D eigenvalue weighted by Gasteiger charge is 2.01. The third-order valence-electron chi connectivity index (χ3n) is 3.12. The molecular formula is C17H15FN2O. The van der Waals surface area contributed by atoms with Crippen molar-refractivity contribution in [2.24, 2.45) is 0 Å². The molecule has 0 aliphatic heterocycles. The van der Waals surface area contributed by atoms with Crippen LogP contribution in [0.15, 0.2) is 67.0 Å². The van der Waals surface area contributed by atoms with Gasteiger partial charge in [0.25, 0.3) is 0 Å². The topological polar surface area (TPSA) is 27.1 Å². The van der Waals surface area contributed by atoms with Crippen molar-refractivity contribution in [3.63, 3.8) is 0 Å². The molecule has 0 aliphatic rings. The lowest BCUT2D eigenvalue weighted by molar-refractivity contribution is 0.305. The van der Waals surface area contributed by atoms with E-state index in [4.69, 9.17) is 4.74 Å². The van der Waals surface area contributed by atoms with Gasteiger partial charge in [-0.2, -0.15) is 5.10 Å². The van der Waals surface area contributed by atoms with E-state index in [-0.39, 0.29) is 5.82 Å². The fraction of sp³-hybridized carbons (Fsp3) is 0.118. The first-order valence-corrected chi connectivity index (χ1v) is 6.73. The average Bonchev–Trinajstić information content (AvgIpc) is 2.95. The minimum Gasteiger partial charge on any atom is -0.486 e. The second kappa shape index (κ2) is 6.22. The van der Waals surface area contributed by atoms with Gasteiger partial charge in [-0.25, -0.2) is 4.39 Å². The first-order valence-electron chi connectivity index (χ1n) is 6.73. The molecule has 0 atom stereocenters. The van der Waals surface area contributed by atoms with Gasteiger partial charge in [-0.3, -0.25) is 4.68 Å². The van der Waals surface area contributed by atoms with E-state index in [0.29, 0.717) is 18.9 Å². The van der Waals surface area contributed by atoms with Crippen LogP contribution in [-0.2, 0) is 13.2 Å². The Labute approximate surface area is 122 Å². The van der Waals surface area contributed by atoms with Crippen molar-refractivity contribution in [3.8, 4) is 5.75 Å². The van der Waals surface area contributed by atoms with Crippen molar-refractivity contribution < 1.29 is 9.13 Å². The molecule has 0 radical (unpaired) electrons. The molecule has 0 bridgehead atoms. The lowest BCUT2D eigenvalue weighted by Crippen LogP contribution is -1.99. The number of nitrogens with zero attached hydrogens (tertiary/aromatic N) is 2. The zero-order valence-corrected chi connectivity index (χ0v) is 11.4. The van der Waals surface area contributed by atoms with E-state index < -0.39 is 0 Å². The molecule has 1 heterocycles. The van der Waals surface area contributed by atoms with Gasteiger partial charge in [0.1, 0.15) is 12.4 Å². The summed E-state index contributed by atoms with van der Waals surface area (Å²) >= 11 is 0. The second-order valence-corrected chi connectivity index (χ2v) is 4.77. The minimum absolute atomic E-state index is 0.241. The van der Waals surface area contributed by atoms with E-state index in [1.54, 1.807) is 18.3 Å². The van der Waals surface area contributed by atoms with Crippen LogP contribution in [0, 0.1) is 5.82 Å². The van der Waals surface area contributed by atoms with Crippen molar-refractivity contribution in [1.29, 1.82) is 0 Å². The number of benzene rings is 2. The largest absolute Gasteiger partial charge is 0.486 e. The lowest BCUT2D eigenvalue weighted by Gasteiger charge is -2.03. The van der Waals surface area contributed by atoms with Gasteiger partial charge in [0, 0.05) is 0 Å². The molecular weight excluding hydrogens is 267 g/mol. The monoisotopic (exact) mass is 282 g/mol. The van der Waals surface area contributed by atoms with Gasteiger partial charge < -0.3 is 4.74 Å². The number of hydrogen-bond acceptors (Lipinski definition) is 2. The summed E-state index contributed by atoms with van der Waals surface area (Å²) in [6.45, 7) is 1.11. The standard InChI is InChI=1S/C17H15FN2O/c18-16-8-6-15(7-9-16)13-21-17-10-19-20(12-17)11-14-4-2-1-3-5-14/h1-10,12H,11,13H2. The summed E-state index contributed by atoms with van der Waals surface area (Å²) in [5.74, 6) is 0.463. The van der Waals surface area contributed by atoms with Crippen molar-refractivity contribution in [2.75, 3.05) is 0 Å². The van der Waals surface area contributed by atoms with Crippen molar-refractivity contribution in [2.45, 2.75) is 13.2 Å². The molecule has 0 fully saturated rings. The molecule has 3 aromatic rings. The molecule has 0 aliphatic carbocycles. The molecule has 106 valence electrons. The highest BCUT2D eigenvalue weighted by molar-refractivity contribution is 5.19. The summed E-state index contributed by atoms with van der Waals surface area (Å²) in [5, 5.41) is 4.27. The first-order chi connectivity index (χ1) is 10.3. The molecule has 3 rings (SSSR count). The van der Waals surface area contributed by atoms with Gasteiger partial charge in [-0.1, -0.05) is 42.5 Å². The van der Waals surface area contributed by atoms with Crippen LogP contribution in [0.5, 0.6) is 5.75 Å². The molecule has 0 saturated carbocycles. The maximum Gasteiger partial charge on any atom is 0.157 e. The SMILES string of the molecule is Fc1ccc(COc2cnn(Cc3ccccc3)c2)cc1. The Balaban J connectivity index is 1.59. The number of rotatable bonds is 5. The summed E-state index contributed by atoms with van der Waals surface area (Å²) in [6, 6.07) is 16.4. The minimum atomic E-state index is -0.241. The van der Waals surface area contributed by atoms with E-state index in [2.05, 4.69) is 17.2 Å². The van der Waals surface area contributed by atoms with Gasteiger partial charge in [0.15, 0.2) is 5.75 Å². The van der Waals surface area contributed by atoms with Gasteiger partial charge >= 0.3 is 0 Å². The van der Waals surface area contributed by atoms with E-state index >= 15 is 0 Å². The Kier molecular flexibility index (Phi) is 3.96. The summed E-state index contributed by atoms with van der Waals surface area (Å²) in [6.07, 6.45) is 3.54. The highest BCUT2D eigenvalue weighted by Crippen LogP contribution is 2.13. The second-order valence-electron chi connectivity index (χ2n) is 4.77. The molecule has 0 unspecified atom stereocenters. The average molecular weight is 282 g/mol. The van der Waals surface area contributed by atoms with E-state index in [1.165, 1.54) is 17.7 Å². The summed E-state index contributed by atoms with van der Waals surface area (Å²) < 4.78 is 20.3. The fourth-order valence-corrected chi connectivity index (χ4v) is 2.02. The Bertz CT molecular complexity index is 692. The molecule has 0 amide bonds. The number of halogens is 1. The third-order valence-corrected chi connectivity index (χ3v) is 3.12. The Morgan fingerprint density at radius 2 is 1.71 bits per heavy atom. The predicted molar refractivity (Wildman–Crippen MR) is 78.5 cm³/mol. The molecule has 0 N–H and O–H groups in total. The van der Waals surface area contributed by atoms with Crippen molar-refractivity contribution >= 4 is 0 Å². The van der Waals surface area contributed by atoms with Crippen molar-refractivity contribution in [3.05, 3.63) is 83.9 Å². The van der Waals surface area contributed by atoms with Crippen LogP contribution in [0.2, 0.25) is 0 Å². The molecule has 0 saturated heterocycles. The fourth-order valence-electron chi connectivity index (χ4n) is 2.02. The Morgan fingerprint density at radius 3 is 2.48 bits per heavy atom. The van der Waals surface area contributed by atoms with Crippen LogP contribution in [0.3, 0.4) is 0 Å². The quantitative estimate of drug-likeness (QED) is 0.714. The Hall–Kier alpha value is -2.62. The number of hydrogen-bond donors (Lipinski definition) is 0. The zero-order valence-electron chi connectivity index (χ0n) is 11.4. The summed E-state index contributed by atoms with van der Waals surface area (Å²) in [5.41, 5.74) is 2.11. The van der Waals surface area contributed by atoms with E-state index in [9.17, 15) is 4.39 Å². The van der Waals surface area contributed by atoms with Gasteiger partial charge in [-0.05, 0) is 23.3 Å². The Morgan fingerprint density at radius 1 is 0.952 bits per heavy atom. The number of aromatic nitrogens is 2. The first kappa shape index (κ1) is 13.4. The molecule has 1 aromatic heterocycles. The normalized spacial score (nSPS) is 10.5. The maximum absolute atomic E-state index is 12.8. The van der Waals surface area contributed by atoms with Crippen LogP contribution in [-0.4, -0.2) is 9.78 Å². The zero-order chi connectivity index (χ0) is 14.5. The number of ether oxygens (including phenoxy) is 1. The van der Waals surface area contributed by atoms with Gasteiger partial charge in [0.2, 0.25) is 0 Å². The molecule has 4 heteroatoms. The van der Waals surface area contributed by atoms with Gasteiger partial charge in [0.05, 0.1) is 18.9 Å².